The van der Waals surface area contributed by atoms with Gasteiger partial charge >= 0.3 is 0 Å². The van der Waals surface area contributed by atoms with Gasteiger partial charge in [-0.25, -0.2) is 9.97 Å². The lowest BCUT2D eigenvalue weighted by molar-refractivity contribution is -0.123. The highest BCUT2D eigenvalue weighted by Crippen LogP contribution is 2.30. The predicted octanol–water partition coefficient (Wildman–Crippen LogP) is 0.950. The van der Waals surface area contributed by atoms with Gasteiger partial charge in [-0.2, -0.15) is 0 Å². The summed E-state index contributed by atoms with van der Waals surface area (Å²) < 4.78 is 0. The standard InChI is InChI=1S/C9H11ClN4O/c10-8-12-5-2-6(14-8)13-7(15)9(11)3-1-4-9/h2,5H,1,3-4,11H2,(H,12,13,14,15). The normalized spacial score (nSPS) is 18.0. The zero-order chi connectivity index (χ0) is 10.9. The second-order valence-electron chi connectivity index (χ2n) is 3.67. The number of amides is 1. The van der Waals surface area contributed by atoms with Crippen molar-refractivity contribution >= 4 is 23.3 Å². The molecule has 1 fully saturated rings. The number of aromatic nitrogens is 2. The van der Waals surface area contributed by atoms with Gasteiger partial charge in [-0.15, -0.1) is 0 Å². The SMILES string of the molecule is NC1(C(=O)Nc2ccnc(Cl)n2)CCC1. The van der Waals surface area contributed by atoms with Crippen LogP contribution in [0.5, 0.6) is 0 Å². The first-order chi connectivity index (χ1) is 7.10. The van der Waals surface area contributed by atoms with Crippen molar-refractivity contribution in [3.63, 3.8) is 0 Å². The molecule has 80 valence electrons. The molecule has 1 heterocycles. The van der Waals surface area contributed by atoms with Crippen LogP contribution < -0.4 is 11.1 Å². The Labute approximate surface area is 92.0 Å². The topological polar surface area (TPSA) is 80.9 Å². The molecule has 0 aliphatic heterocycles. The Morgan fingerprint density at radius 1 is 1.60 bits per heavy atom. The van der Waals surface area contributed by atoms with Gasteiger partial charge in [0.2, 0.25) is 11.2 Å². The molecule has 2 rings (SSSR count). The molecule has 0 radical (unpaired) electrons. The monoisotopic (exact) mass is 226 g/mol. The number of carbonyl (C=O) groups is 1. The summed E-state index contributed by atoms with van der Waals surface area (Å²) in [5, 5.41) is 2.73. The van der Waals surface area contributed by atoms with E-state index in [0.29, 0.717) is 5.82 Å². The van der Waals surface area contributed by atoms with E-state index in [1.165, 1.54) is 6.20 Å². The van der Waals surface area contributed by atoms with E-state index in [9.17, 15) is 4.79 Å². The molecule has 0 atom stereocenters. The lowest BCUT2D eigenvalue weighted by atomic mass is 9.77. The third-order valence-corrected chi connectivity index (χ3v) is 2.75. The molecule has 1 aromatic heterocycles. The second-order valence-corrected chi connectivity index (χ2v) is 4.01. The lowest BCUT2D eigenvalue weighted by Crippen LogP contribution is -2.56. The highest BCUT2D eigenvalue weighted by atomic mass is 35.5. The molecule has 0 aromatic carbocycles. The molecule has 6 heteroatoms. The zero-order valence-corrected chi connectivity index (χ0v) is 8.79. The van der Waals surface area contributed by atoms with Crippen LogP contribution in [0.2, 0.25) is 5.28 Å². The van der Waals surface area contributed by atoms with Crippen LogP contribution in [0, 0.1) is 0 Å². The Hall–Kier alpha value is -1.20. The molecule has 5 nitrogen and oxygen atoms in total. The quantitative estimate of drug-likeness (QED) is 0.736. The van der Waals surface area contributed by atoms with E-state index >= 15 is 0 Å². The van der Waals surface area contributed by atoms with Gasteiger partial charge < -0.3 is 11.1 Å². The van der Waals surface area contributed by atoms with Crippen molar-refractivity contribution in [3.05, 3.63) is 17.5 Å². The van der Waals surface area contributed by atoms with Gasteiger partial charge in [-0.1, -0.05) is 0 Å². The minimum atomic E-state index is -0.725. The number of rotatable bonds is 2. The van der Waals surface area contributed by atoms with E-state index in [1.807, 2.05) is 0 Å². The second kappa shape index (κ2) is 3.75. The van der Waals surface area contributed by atoms with E-state index in [-0.39, 0.29) is 11.2 Å². The fraction of sp³-hybridized carbons (Fsp3) is 0.444. The van der Waals surface area contributed by atoms with E-state index in [4.69, 9.17) is 17.3 Å². The third kappa shape index (κ3) is 2.08. The van der Waals surface area contributed by atoms with E-state index in [2.05, 4.69) is 15.3 Å². The minimum Gasteiger partial charge on any atom is -0.317 e. The lowest BCUT2D eigenvalue weighted by Gasteiger charge is -2.35. The number of nitrogens with two attached hydrogens (primary N) is 1. The Kier molecular flexibility index (Phi) is 2.58. The Morgan fingerprint density at radius 3 is 2.87 bits per heavy atom. The first-order valence-corrected chi connectivity index (χ1v) is 5.07. The molecule has 1 saturated carbocycles. The van der Waals surface area contributed by atoms with Gasteiger partial charge in [0.25, 0.3) is 0 Å². The van der Waals surface area contributed by atoms with Gasteiger partial charge in [0.15, 0.2) is 0 Å². The van der Waals surface area contributed by atoms with Crippen LogP contribution in [-0.4, -0.2) is 21.4 Å². The maximum Gasteiger partial charge on any atom is 0.245 e. The Morgan fingerprint density at radius 2 is 2.33 bits per heavy atom. The first-order valence-electron chi connectivity index (χ1n) is 4.69. The summed E-state index contributed by atoms with van der Waals surface area (Å²) in [5.41, 5.74) is 5.12. The average molecular weight is 227 g/mol. The van der Waals surface area contributed by atoms with Crippen LogP contribution >= 0.6 is 11.6 Å². The Balaban J connectivity index is 2.06. The molecule has 1 aliphatic rings. The number of nitrogens with zero attached hydrogens (tertiary/aromatic N) is 2. The molecular weight excluding hydrogens is 216 g/mol. The fourth-order valence-corrected chi connectivity index (χ4v) is 1.58. The molecule has 1 amide bonds. The number of carbonyl (C=O) groups excluding carboxylic acids is 1. The summed E-state index contributed by atoms with van der Waals surface area (Å²) in [7, 11) is 0. The van der Waals surface area contributed by atoms with Crippen LogP contribution in [0.1, 0.15) is 19.3 Å². The molecular formula is C9H11ClN4O. The average Bonchev–Trinajstić information content (AvgIpc) is 2.14. The fourth-order valence-electron chi connectivity index (χ4n) is 1.43. The van der Waals surface area contributed by atoms with Crippen LogP contribution in [0.4, 0.5) is 5.82 Å². The number of anilines is 1. The number of hydrogen-bond acceptors (Lipinski definition) is 4. The third-order valence-electron chi connectivity index (χ3n) is 2.57. The summed E-state index contributed by atoms with van der Waals surface area (Å²) in [6.45, 7) is 0. The van der Waals surface area contributed by atoms with Gasteiger partial charge in [0, 0.05) is 6.20 Å². The van der Waals surface area contributed by atoms with Crippen molar-refractivity contribution in [1.29, 1.82) is 0 Å². The van der Waals surface area contributed by atoms with Gasteiger partial charge in [-0.05, 0) is 36.9 Å². The van der Waals surface area contributed by atoms with Crippen molar-refractivity contribution in [2.24, 2.45) is 5.73 Å². The maximum atomic E-state index is 11.7. The molecule has 1 aromatic rings. The molecule has 0 spiro atoms. The van der Waals surface area contributed by atoms with Crippen LogP contribution in [0.15, 0.2) is 12.3 Å². The van der Waals surface area contributed by atoms with E-state index in [0.717, 1.165) is 19.3 Å². The van der Waals surface area contributed by atoms with Crippen LogP contribution in [0.3, 0.4) is 0 Å². The smallest absolute Gasteiger partial charge is 0.245 e. The largest absolute Gasteiger partial charge is 0.317 e. The summed E-state index contributed by atoms with van der Waals surface area (Å²) in [6.07, 6.45) is 3.92. The molecule has 0 unspecified atom stereocenters. The van der Waals surface area contributed by atoms with E-state index < -0.39 is 5.54 Å². The van der Waals surface area contributed by atoms with Gasteiger partial charge in [0.1, 0.15) is 5.82 Å². The summed E-state index contributed by atoms with van der Waals surface area (Å²) >= 11 is 5.59. The minimum absolute atomic E-state index is 0.104. The first kappa shape index (κ1) is 10.3. The predicted molar refractivity (Wildman–Crippen MR) is 56.4 cm³/mol. The number of nitrogens with one attached hydrogen (secondary N) is 1. The van der Waals surface area contributed by atoms with Crippen molar-refractivity contribution in [2.45, 2.75) is 24.8 Å². The maximum absolute atomic E-state index is 11.7. The van der Waals surface area contributed by atoms with E-state index in [1.54, 1.807) is 6.07 Å². The molecule has 0 saturated heterocycles. The summed E-state index contributed by atoms with van der Waals surface area (Å²) in [6, 6.07) is 1.58. The van der Waals surface area contributed by atoms with Crippen molar-refractivity contribution < 1.29 is 4.79 Å². The molecule has 3 N–H and O–H groups in total. The zero-order valence-electron chi connectivity index (χ0n) is 8.03. The number of halogens is 1. The van der Waals surface area contributed by atoms with Gasteiger partial charge in [0.05, 0.1) is 5.54 Å². The molecule has 15 heavy (non-hydrogen) atoms. The molecule has 1 aliphatic carbocycles. The van der Waals surface area contributed by atoms with Crippen molar-refractivity contribution in [1.82, 2.24) is 9.97 Å². The highest BCUT2D eigenvalue weighted by molar-refractivity contribution is 6.28. The number of hydrogen-bond donors (Lipinski definition) is 2. The highest BCUT2D eigenvalue weighted by Gasteiger charge is 2.40. The molecule has 0 bridgehead atoms. The van der Waals surface area contributed by atoms with Crippen molar-refractivity contribution in [2.75, 3.05) is 5.32 Å². The Bertz CT molecular complexity index is 391. The summed E-state index contributed by atoms with van der Waals surface area (Å²) in [4.78, 5) is 19.3. The summed E-state index contributed by atoms with van der Waals surface area (Å²) in [5.74, 6) is 0.181. The van der Waals surface area contributed by atoms with Gasteiger partial charge in [-0.3, -0.25) is 4.79 Å². The van der Waals surface area contributed by atoms with Crippen LogP contribution in [0.25, 0.3) is 0 Å². The van der Waals surface area contributed by atoms with Crippen LogP contribution in [-0.2, 0) is 4.79 Å². The van der Waals surface area contributed by atoms with Crippen molar-refractivity contribution in [3.8, 4) is 0 Å².